The first-order chi connectivity index (χ1) is 7.20. The minimum absolute atomic E-state index is 0.312. The van der Waals surface area contributed by atoms with Crippen molar-refractivity contribution in [2.24, 2.45) is 0 Å². The molecule has 8 heteroatoms. The molecule has 1 unspecified atom stereocenters. The topological polar surface area (TPSA) is 56.3 Å². The molecule has 1 aromatic heterocycles. The van der Waals surface area contributed by atoms with E-state index in [1.807, 2.05) is 0 Å². The van der Waals surface area contributed by atoms with Gasteiger partial charge in [-0.3, -0.25) is 9.17 Å². The Balaban J connectivity index is 3.08. The van der Waals surface area contributed by atoms with Gasteiger partial charge in [-0.25, -0.2) is 0 Å². The van der Waals surface area contributed by atoms with E-state index in [1.54, 1.807) is 0 Å². The molecule has 16 heavy (non-hydrogen) atoms. The molecule has 0 fully saturated rings. The SMILES string of the molecule is CS(=O)(=O)OC(c1ccncc1)C(F)(F)F. The maximum Gasteiger partial charge on any atom is 0.420 e. The first kappa shape index (κ1) is 12.9. The number of rotatable bonds is 3. The van der Waals surface area contributed by atoms with Crippen LogP contribution in [0.2, 0.25) is 0 Å². The molecule has 0 aromatic carbocycles. The molecule has 0 aliphatic rings. The Morgan fingerprint density at radius 2 is 1.81 bits per heavy atom. The zero-order chi connectivity index (χ0) is 12.4. The van der Waals surface area contributed by atoms with Gasteiger partial charge < -0.3 is 0 Å². The Kier molecular flexibility index (Phi) is 3.54. The molecule has 0 radical (unpaired) electrons. The molecule has 0 saturated carbocycles. The number of aromatic nitrogens is 1. The van der Waals surface area contributed by atoms with Gasteiger partial charge in [-0.15, -0.1) is 0 Å². The third kappa shape index (κ3) is 3.78. The van der Waals surface area contributed by atoms with Crippen LogP contribution in [0, 0.1) is 0 Å². The highest BCUT2D eigenvalue weighted by Crippen LogP contribution is 2.36. The van der Waals surface area contributed by atoms with Crippen LogP contribution in [-0.4, -0.2) is 25.8 Å². The maximum absolute atomic E-state index is 12.5. The number of alkyl halides is 3. The number of hydrogen-bond donors (Lipinski definition) is 0. The van der Waals surface area contributed by atoms with Crippen LogP contribution in [0.4, 0.5) is 13.2 Å². The lowest BCUT2D eigenvalue weighted by Gasteiger charge is -2.19. The van der Waals surface area contributed by atoms with Gasteiger partial charge in [-0.1, -0.05) is 0 Å². The lowest BCUT2D eigenvalue weighted by atomic mass is 10.1. The van der Waals surface area contributed by atoms with Gasteiger partial charge in [-0.2, -0.15) is 21.6 Å². The summed E-state index contributed by atoms with van der Waals surface area (Å²) < 4.78 is 63.0. The van der Waals surface area contributed by atoms with E-state index < -0.39 is 22.4 Å². The molecule has 4 nitrogen and oxygen atoms in total. The van der Waals surface area contributed by atoms with Crippen molar-refractivity contribution in [2.75, 3.05) is 6.26 Å². The molecular formula is C8H8F3NO3S. The summed E-state index contributed by atoms with van der Waals surface area (Å²) in [5.41, 5.74) is -0.312. The normalized spacial score (nSPS) is 14.8. The molecule has 90 valence electrons. The third-order valence-electron chi connectivity index (χ3n) is 1.58. The van der Waals surface area contributed by atoms with Gasteiger partial charge in [0.1, 0.15) is 0 Å². The van der Waals surface area contributed by atoms with Gasteiger partial charge in [0.2, 0.25) is 0 Å². The standard InChI is InChI=1S/C8H8F3NO3S/c1-16(13,14)15-7(8(9,10)11)6-2-4-12-5-3-6/h2-5,7H,1H3. The van der Waals surface area contributed by atoms with Crippen LogP contribution in [0.15, 0.2) is 24.5 Å². The van der Waals surface area contributed by atoms with E-state index in [2.05, 4.69) is 9.17 Å². The van der Waals surface area contributed by atoms with E-state index in [0.717, 1.165) is 24.5 Å². The van der Waals surface area contributed by atoms with Gasteiger partial charge in [0, 0.05) is 12.4 Å². The molecular weight excluding hydrogens is 247 g/mol. The van der Waals surface area contributed by atoms with Crippen molar-refractivity contribution in [2.45, 2.75) is 12.3 Å². The second-order valence-corrected chi connectivity index (χ2v) is 4.60. The van der Waals surface area contributed by atoms with Crippen molar-refractivity contribution >= 4 is 10.1 Å². The van der Waals surface area contributed by atoms with Gasteiger partial charge in [0.25, 0.3) is 10.1 Å². The van der Waals surface area contributed by atoms with E-state index in [1.165, 1.54) is 0 Å². The molecule has 0 aliphatic carbocycles. The molecule has 0 saturated heterocycles. The highest BCUT2D eigenvalue weighted by Gasteiger charge is 2.44. The molecule has 1 heterocycles. The molecule has 0 bridgehead atoms. The molecule has 1 atom stereocenters. The van der Waals surface area contributed by atoms with Crippen molar-refractivity contribution in [3.63, 3.8) is 0 Å². The Bertz CT molecular complexity index is 443. The van der Waals surface area contributed by atoms with Crippen molar-refractivity contribution < 1.29 is 25.8 Å². The Labute approximate surface area is 90.2 Å². The average Bonchev–Trinajstić information content (AvgIpc) is 2.13. The van der Waals surface area contributed by atoms with Gasteiger partial charge >= 0.3 is 6.18 Å². The number of halogens is 3. The van der Waals surface area contributed by atoms with Gasteiger partial charge in [-0.05, 0) is 17.7 Å². The van der Waals surface area contributed by atoms with E-state index in [4.69, 9.17) is 0 Å². The molecule has 0 amide bonds. The summed E-state index contributed by atoms with van der Waals surface area (Å²) in [5, 5.41) is 0. The Morgan fingerprint density at radius 1 is 1.31 bits per heavy atom. The second kappa shape index (κ2) is 4.38. The summed E-state index contributed by atoms with van der Waals surface area (Å²) >= 11 is 0. The Hall–Kier alpha value is -1.15. The summed E-state index contributed by atoms with van der Waals surface area (Å²) in [5.74, 6) is 0. The zero-order valence-electron chi connectivity index (χ0n) is 8.10. The van der Waals surface area contributed by atoms with E-state index in [-0.39, 0.29) is 5.56 Å². The third-order valence-corrected chi connectivity index (χ3v) is 2.12. The van der Waals surface area contributed by atoms with Crippen LogP contribution >= 0.6 is 0 Å². The predicted octanol–water partition coefficient (Wildman–Crippen LogP) is 1.66. The number of hydrogen-bond acceptors (Lipinski definition) is 4. The van der Waals surface area contributed by atoms with Crippen LogP contribution in [0.5, 0.6) is 0 Å². The summed E-state index contributed by atoms with van der Waals surface area (Å²) in [6, 6.07) is 2.09. The first-order valence-corrected chi connectivity index (χ1v) is 5.87. The van der Waals surface area contributed by atoms with Crippen LogP contribution in [-0.2, 0) is 14.3 Å². The zero-order valence-corrected chi connectivity index (χ0v) is 8.92. The van der Waals surface area contributed by atoms with Crippen LogP contribution in [0.3, 0.4) is 0 Å². The van der Waals surface area contributed by atoms with Crippen LogP contribution in [0.25, 0.3) is 0 Å². The first-order valence-electron chi connectivity index (χ1n) is 4.05. The lowest BCUT2D eigenvalue weighted by molar-refractivity contribution is -0.196. The van der Waals surface area contributed by atoms with Crippen molar-refractivity contribution in [1.29, 1.82) is 0 Å². The largest absolute Gasteiger partial charge is 0.420 e. The predicted molar refractivity (Wildman–Crippen MR) is 49.0 cm³/mol. The second-order valence-electron chi connectivity index (χ2n) is 3.00. The molecule has 1 aromatic rings. The summed E-state index contributed by atoms with van der Waals surface area (Å²) in [7, 11) is -4.20. The highest BCUT2D eigenvalue weighted by atomic mass is 32.2. The van der Waals surface area contributed by atoms with E-state index >= 15 is 0 Å². The number of pyridine rings is 1. The fourth-order valence-corrected chi connectivity index (χ4v) is 1.58. The van der Waals surface area contributed by atoms with E-state index in [0.29, 0.717) is 6.26 Å². The summed E-state index contributed by atoms with van der Waals surface area (Å²) in [6.45, 7) is 0. The molecule has 0 spiro atoms. The minimum Gasteiger partial charge on any atom is -0.265 e. The summed E-state index contributed by atoms with van der Waals surface area (Å²) in [4.78, 5) is 3.53. The fourth-order valence-electron chi connectivity index (χ4n) is 1.01. The summed E-state index contributed by atoms with van der Waals surface area (Å²) in [6.07, 6.45) is -4.48. The maximum atomic E-state index is 12.5. The fraction of sp³-hybridized carbons (Fsp3) is 0.375. The lowest BCUT2D eigenvalue weighted by Crippen LogP contribution is -2.25. The molecule has 1 rings (SSSR count). The number of nitrogens with zero attached hydrogens (tertiary/aromatic N) is 1. The van der Waals surface area contributed by atoms with Crippen molar-refractivity contribution in [1.82, 2.24) is 4.98 Å². The molecule has 0 aliphatic heterocycles. The molecule has 0 N–H and O–H groups in total. The average molecular weight is 255 g/mol. The minimum atomic E-state index is -4.80. The smallest absolute Gasteiger partial charge is 0.265 e. The van der Waals surface area contributed by atoms with Crippen molar-refractivity contribution in [3.8, 4) is 0 Å². The van der Waals surface area contributed by atoms with E-state index in [9.17, 15) is 21.6 Å². The van der Waals surface area contributed by atoms with Gasteiger partial charge in [0.05, 0.1) is 6.26 Å². The van der Waals surface area contributed by atoms with Crippen LogP contribution < -0.4 is 0 Å². The van der Waals surface area contributed by atoms with Crippen LogP contribution in [0.1, 0.15) is 11.7 Å². The van der Waals surface area contributed by atoms with Crippen molar-refractivity contribution in [3.05, 3.63) is 30.1 Å². The quantitative estimate of drug-likeness (QED) is 0.771. The monoisotopic (exact) mass is 255 g/mol. The highest BCUT2D eigenvalue weighted by molar-refractivity contribution is 7.86. The Morgan fingerprint density at radius 3 is 2.19 bits per heavy atom. The van der Waals surface area contributed by atoms with Gasteiger partial charge in [0.15, 0.2) is 6.10 Å².